The summed E-state index contributed by atoms with van der Waals surface area (Å²) in [7, 11) is 0. The topological polar surface area (TPSA) is 76.9 Å². The van der Waals surface area contributed by atoms with Gasteiger partial charge in [-0.3, -0.25) is 14.2 Å². The van der Waals surface area contributed by atoms with Gasteiger partial charge in [-0.25, -0.2) is 4.98 Å². The van der Waals surface area contributed by atoms with Crippen LogP contribution in [-0.4, -0.2) is 25.6 Å². The van der Waals surface area contributed by atoms with Crippen molar-refractivity contribution in [2.75, 3.05) is 11.1 Å². The summed E-state index contributed by atoms with van der Waals surface area (Å²) in [6.45, 7) is 4.36. The molecule has 0 aliphatic heterocycles. The van der Waals surface area contributed by atoms with Crippen molar-refractivity contribution in [2.45, 2.75) is 25.5 Å². The van der Waals surface area contributed by atoms with Gasteiger partial charge in [0, 0.05) is 17.8 Å². The number of amides is 1. The van der Waals surface area contributed by atoms with Crippen molar-refractivity contribution >= 4 is 45.1 Å². The van der Waals surface area contributed by atoms with E-state index < -0.39 is 0 Å². The maximum Gasteiger partial charge on any atom is 0.273 e. The number of carbonyl (C=O) groups is 1. The molecule has 0 bridgehead atoms. The first-order chi connectivity index (χ1) is 14.6. The number of fused-ring (bicyclic) bond motifs is 1. The van der Waals surface area contributed by atoms with E-state index in [9.17, 15) is 9.59 Å². The molecule has 0 aliphatic rings. The van der Waals surface area contributed by atoms with E-state index in [0.717, 1.165) is 16.8 Å². The Morgan fingerprint density at radius 1 is 1.13 bits per heavy atom. The Morgan fingerprint density at radius 3 is 2.57 bits per heavy atom. The highest BCUT2D eigenvalue weighted by Gasteiger charge is 2.18. The number of hydrogen-bond acceptors (Lipinski definition) is 6. The molecular formula is C22H20N4O2S2. The van der Waals surface area contributed by atoms with Crippen LogP contribution in [0.15, 0.2) is 64.5 Å². The summed E-state index contributed by atoms with van der Waals surface area (Å²) < 4.78 is 6.61. The van der Waals surface area contributed by atoms with E-state index in [1.165, 1.54) is 23.3 Å². The average Bonchev–Trinajstić information content (AvgIpc) is 3.19. The van der Waals surface area contributed by atoms with Crippen LogP contribution in [0.1, 0.15) is 12.5 Å². The van der Waals surface area contributed by atoms with E-state index in [0.29, 0.717) is 27.6 Å². The SMILES string of the molecule is CCn1c(SCC(=O)Nc2ccc(C)cc2)nc2c(-c3ccccc3)nsc2c1=O. The number of thioether (sulfide) groups is 1. The van der Waals surface area contributed by atoms with E-state index in [4.69, 9.17) is 4.98 Å². The van der Waals surface area contributed by atoms with E-state index in [1.54, 1.807) is 4.57 Å². The molecule has 152 valence electrons. The second-order valence-corrected chi connectivity index (χ2v) is 8.44. The monoisotopic (exact) mass is 436 g/mol. The number of aryl methyl sites for hydroxylation is 1. The van der Waals surface area contributed by atoms with Gasteiger partial charge in [0.15, 0.2) is 5.16 Å². The number of nitrogens with zero attached hydrogens (tertiary/aromatic N) is 3. The molecule has 4 aromatic rings. The highest BCUT2D eigenvalue weighted by molar-refractivity contribution is 7.99. The van der Waals surface area contributed by atoms with E-state index in [1.807, 2.05) is 68.4 Å². The third kappa shape index (κ3) is 4.15. The van der Waals surface area contributed by atoms with Gasteiger partial charge in [-0.2, -0.15) is 4.37 Å². The van der Waals surface area contributed by atoms with Crippen LogP contribution >= 0.6 is 23.3 Å². The van der Waals surface area contributed by atoms with E-state index >= 15 is 0 Å². The molecule has 1 amide bonds. The molecule has 0 fully saturated rings. The van der Waals surface area contributed by atoms with Gasteiger partial charge in [-0.1, -0.05) is 59.8 Å². The third-order valence-electron chi connectivity index (χ3n) is 4.58. The summed E-state index contributed by atoms with van der Waals surface area (Å²) in [5.41, 5.74) is 3.95. The van der Waals surface area contributed by atoms with Crippen LogP contribution in [-0.2, 0) is 11.3 Å². The molecule has 4 rings (SSSR count). The number of anilines is 1. The first kappa shape index (κ1) is 20.3. The predicted molar refractivity (Wildman–Crippen MR) is 123 cm³/mol. The predicted octanol–water partition coefficient (Wildman–Crippen LogP) is 4.58. The van der Waals surface area contributed by atoms with Crippen LogP contribution in [0.25, 0.3) is 21.5 Å². The summed E-state index contributed by atoms with van der Waals surface area (Å²) in [6.07, 6.45) is 0. The third-order valence-corrected chi connectivity index (χ3v) is 6.38. The zero-order valence-corrected chi connectivity index (χ0v) is 18.2. The van der Waals surface area contributed by atoms with Crippen molar-refractivity contribution < 1.29 is 4.79 Å². The maximum absolute atomic E-state index is 13.0. The zero-order valence-electron chi connectivity index (χ0n) is 16.6. The van der Waals surface area contributed by atoms with Crippen molar-refractivity contribution in [3.63, 3.8) is 0 Å². The Bertz CT molecular complexity index is 1250. The Morgan fingerprint density at radius 2 is 1.87 bits per heavy atom. The molecule has 0 aliphatic carbocycles. The molecule has 0 spiro atoms. The fourth-order valence-corrected chi connectivity index (χ4v) is 4.68. The van der Waals surface area contributed by atoms with Crippen molar-refractivity contribution in [3.8, 4) is 11.3 Å². The van der Waals surface area contributed by atoms with Crippen LogP contribution in [0, 0.1) is 6.92 Å². The summed E-state index contributed by atoms with van der Waals surface area (Å²) in [5.74, 6) is 0.0110. The molecule has 0 saturated carbocycles. The Hall–Kier alpha value is -2.97. The van der Waals surface area contributed by atoms with Gasteiger partial charge in [-0.15, -0.1) is 0 Å². The molecule has 2 aromatic heterocycles. The number of carbonyl (C=O) groups excluding carboxylic acids is 1. The van der Waals surface area contributed by atoms with Crippen LogP contribution in [0.3, 0.4) is 0 Å². The number of aromatic nitrogens is 3. The second kappa shape index (κ2) is 8.81. The van der Waals surface area contributed by atoms with Gasteiger partial charge in [0.25, 0.3) is 5.56 Å². The van der Waals surface area contributed by atoms with Gasteiger partial charge in [0.2, 0.25) is 5.91 Å². The fraction of sp³-hybridized carbons (Fsp3) is 0.182. The lowest BCUT2D eigenvalue weighted by Crippen LogP contribution is -2.22. The molecule has 2 heterocycles. The fourth-order valence-electron chi connectivity index (χ4n) is 3.03. The molecule has 2 aromatic carbocycles. The summed E-state index contributed by atoms with van der Waals surface area (Å²) in [4.78, 5) is 30.1. The van der Waals surface area contributed by atoms with Gasteiger partial charge < -0.3 is 5.32 Å². The van der Waals surface area contributed by atoms with E-state index in [-0.39, 0.29) is 17.2 Å². The van der Waals surface area contributed by atoms with Crippen LogP contribution < -0.4 is 10.9 Å². The number of rotatable bonds is 6. The normalized spacial score (nSPS) is 11.0. The lowest BCUT2D eigenvalue weighted by molar-refractivity contribution is -0.113. The quantitative estimate of drug-likeness (QED) is 0.354. The molecule has 8 heteroatoms. The highest BCUT2D eigenvalue weighted by atomic mass is 32.2. The van der Waals surface area contributed by atoms with Gasteiger partial charge in [-0.05, 0) is 37.5 Å². The van der Waals surface area contributed by atoms with Crippen molar-refractivity contribution in [1.82, 2.24) is 13.9 Å². The molecule has 0 atom stereocenters. The Kier molecular flexibility index (Phi) is 5.96. The molecule has 6 nitrogen and oxygen atoms in total. The zero-order chi connectivity index (χ0) is 21.1. The van der Waals surface area contributed by atoms with Crippen LogP contribution in [0.4, 0.5) is 5.69 Å². The number of benzene rings is 2. The Labute approximate surface area is 182 Å². The highest BCUT2D eigenvalue weighted by Crippen LogP contribution is 2.29. The molecule has 30 heavy (non-hydrogen) atoms. The van der Waals surface area contributed by atoms with Gasteiger partial charge >= 0.3 is 0 Å². The summed E-state index contributed by atoms with van der Waals surface area (Å²) >= 11 is 2.42. The summed E-state index contributed by atoms with van der Waals surface area (Å²) in [5, 5.41) is 3.40. The minimum absolute atomic E-state index is 0.122. The lowest BCUT2D eigenvalue weighted by atomic mass is 10.1. The second-order valence-electron chi connectivity index (χ2n) is 6.72. The van der Waals surface area contributed by atoms with E-state index in [2.05, 4.69) is 9.69 Å². The van der Waals surface area contributed by atoms with Gasteiger partial charge in [0.1, 0.15) is 15.9 Å². The molecular weight excluding hydrogens is 416 g/mol. The largest absolute Gasteiger partial charge is 0.325 e. The maximum atomic E-state index is 13.0. The van der Waals surface area contributed by atoms with Gasteiger partial charge in [0.05, 0.1) is 5.75 Å². The standard InChI is InChI=1S/C22H20N4O2S2/c1-3-26-21(28)20-19(18(25-30-20)15-7-5-4-6-8-15)24-22(26)29-13-17(27)23-16-11-9-14(2)10-12-16/h4-12H,3,13H2,1-2H3,(H,23,27). The molecule has 0 unspecified atom stereocenters. The number of nitrogens with one attached hydrogen (secondary N) is 1. The Balaban J connectivity index is 1.62. The molecule has 0 saturated heterocycles. The number of hydrogen-bond donors (Lipinski definition) is 1. The minimum atomic E-state index is -0.146. The first-order valence-corrected chi connectivity index (χ1v) is 11.3. The van der Waals surface area contributed by atoms with Crippen molar-refractivity contribution in [2.24, 2.45) is 0 Å². The van der Waals surface area contributed by atoms with Crippen molar-refractivity contribution in [3.05, 3.63) is 70.5 Å². The summed E-state index contributed by atoms with van der Waals surface area (Å²) in [6, 6.07) is 17.3. The smallest absolute Gasteiger partial charge is 0.273 e. The lowest BCUT2D eigenvalue weighted by Gasteiger charge is -2.10. The minimum Gasteiger partial charge on any atom is -0.325 e. The average molecular weight is 437 g/mol. The molecule has 1 N–H and O–H groups in total. The van der Waals surface area contributed by atoms with Crippen LogP contribution in [0.5, 0.6) is 0 Å². The first-order valence-electron chi connectivity index (χ1n) is 9.51. The van der Waals surface area contributed by atoms with Crippen LogP contribution in [0.2, 0.25) is 0 Å². The van der Waals surface area contributed by atoms with Crippen molar-refractivity contribution in [1.29, 1.82) is 0 Å². The molecule has 0 radical (unpaired) electrons.